The number of aryl methyl sites for hydroxylation is 2. The lowest BCUT2D eigenvalue weighted by Gasteiger charge is -2.13. The van der Waals surface area contributed by atoms with Crippen LogP contribution in [0.25, 0.3) is 0 Å². The number of nitrogens with zero attached hydrogens (tertiary/aromatic N) is 1. The maximum atomic E-state index is 8.66. The largest absolute Gasteiger partial charge is 0.488 e. The molecule has 2 rings (SSSR count). The SMILES string of the molecule is Cc1cccc(C)c1OCc1ccc(/C(N)=N/O)cc1Cl. The molecule has 3 N–H and O–H groups in total. The van der Waals surface area contributed by atoms with Gasteiger partial charge in [0, 0.05) is 16.1 Å². The minimum absolute atomic E-state index is 0.0270. The molecule has 0 aliphatic carbocycles. The number of rotatable bonds is 4. The summed E-state index contributed by atoms with van der Waals surface area (Å²) in [6.07, 6.45) is 0. The van der Waals surface area contributed by atoms with Crippen LogP contribution in [0.5, 0.6) is 5.75 Å². The number of oxime groups is 1. The molecule has 4 nitrogen and oxygen atoms in total. The minimum atomic E-state index is 0.0270. The summed E-state index contributed by atoms with van der Waals surface area (Å²) in [5.41, 5.74) is 9.10. The first kappa shape index (κ1) is 15.2. The zero-order valence-electron chi connectivity index (χ0n) is 11.9. The van der Waals surface area contributed by atoms with Gasteiger partial charge in [0.15, 0.2) is 5.84 Å². The van der Waals surface area contributed by atoms with E-state index in [1.54, 1.807) is 12.1 Å². The number of hydrogen-bond donors (Lipinski definition) is 2. The summed E-state index contributed by atoms with van der Waals surface area (Å²) in [6, 6.07) is 11.2. The van der Waals surface area contributed by atoms with Gasteiger partial charge in [0.2, 0.25) is 0 Å². The number of hydrogen-bond acceptors (Lipinski definition) is 3. The number of halogens is 1. The second-order valence-electron chi connectivity index (χ2n) is 4.80. The second kappa shape index (κ2) is 6.50. The van der Waals surface area contributed by atoms with E-state index in [-0.39, 0.29) is 5.84 Å². The number of amidine groups is 1. The molecule has 2 aromatic rings. The van der Waals surface area contributed by atoms with Crippen LogP contribution < -0.4 is 10.5 Å². The highest BCUT2D eigenvalue weighted by atomic mass is 35.5. The molecule has 110 valence electrons. The van der Waals surface area contributed by atoms with Crippen molar-refractivity contribution in [2.45, 2.75) is 20.5 Å². The Hall–Kier alpha value is -2.20. The van der Waals surface area contributed by atoms with Crippen molar-refractivity contribution in [1.82, 2.24) is 0 Å². The number of ether oxygens (including phenoxy) is 1. The molecule has 0 unspecified atom stereocenters. The molecule has 0 spiro atoms. The van der Waals surface area contributed by atoms with Crippen LogP contribution in [0.15, 0.2) is 41.6 Å². The summed E-state index contributed by atoms with van der Waals surface area (Å²) >= 11 is 6.20. The summed E-state index contributed by atoms with van der Waals surface area (Å²) in [5.74, 6) is 0.896. The number of benzene rings is 2. The van der Waals surface area contributed by atoms with E-state index in [2.05, 4.69) is 5.16 Å². The maximum Gasteiger partial charge on any atom is 0.170 e. The van der Waals surface area contributed by atoms with Crippen molar-refractivity contribution < 1.29 is 9.94 Å². The highest BCUT2D eigenvalue weighted by Crippen LogP contribution is 2.25. The van der Waals surface area contributed by atoms with E-state index in [1.165, 1.54) is 0 Å². The summed E-state index contributed by atoms with van der Waals surface area (Å²) in [4.78, 5) is 0. The Labute approximate surface area is 128 Å². The van der Waals surface area contributed by atoms with E-state index < -0.39 is 0 Å². The normalized spacial score (nSPS) is 11.5. The lowest BCUT2D eigenvalue weighted by atomic mass is 10.1. The topological polar surface area (TPSA) is 67.8 Å². The molecule has 0 aliphatic heterocycles. The standard InChI is InChI=1S/C16H17ClN2O2/c1-10-4-3-5-11(2)15(10)21-9-13-7-6-12(8-14(13)17)16(18)19-20/h3-8,20H,9H2,1-2H3,(H2,18,19). The van der Waals surface area contributed by atoms with Crippen LogP contribution in [0.3, 0.4) is 0 Å². The van der Waals surface area contributed by atoms with Crippen molar-refractivity contribution in [2.24, 2.45) is 10.9 Å². The van der Waals surface area contributed by atoms with Crippen molar-refractivity contribution >= 4 is 17.4 Å². The van der Waals surface area contributed by atoms with Crippen molar-refractivity contribution in [3.63, 3.8) is 0 Å². The summed E-state index contributed by atoms with van der Waals surface area (Å²) in [5, 5.41) is 12.1. The second-order valence-corrected chi connectivity index (χ2v) is 5.21. The van der Waals surface area contributed by atoms with E-state index in [0.29, 0.717) is 17.2 Å². The quantitative estimate of drug-likeness (QED) is 0.392. The van der Waals surface area contributed by atoms with Gasteiger partial charge in [-0.05, 0) is 31.0 Å². The first-order valence-electron chi connectivity index (χ1n) is 6.48. The van der Waals surface area contributed by atoms with Gasteiger partial charge in [-0.15, -0.1) is 0 Å². The lowest BCUT2D eigenvalue weighted by molar-refractivity contribution is 0.302. The maximum absolute atomic E-state index is 8.66. The Morgan fingerprint density at radius 3 is 2.48 bits per heavy atom. The Morgan fingerprint density at radius 1 is 1.24 bits per heavy atom. The zero-order valence-corrected chi connectivity index (χ0v) is 12.7. The minimum Gasteiger partial charge on any atom is -0.488 e. The van der Waals surface area contributed by atoms with Gasteiger partial charge in [0.25, 0.3) is 0 Å². The molecule has 0 fully saturated rings. The molecular formula is C16H17ClN2O2. The molecule has 5 heteroatoms. The molecule has 0 bridgehead atoms. The van der Waals surface area contributed by atoms with Crippen molar-refractivity contribution in [2.75, 3.05) is 0 Å². The molecular weight excluding hydrogens is 288 g/mol. The Bertz CT molecular complexity index is 664. The van der Waals surface area contributed by atoms with Crippen LogP contribution >= 0.6 is 11.6 Å². The fourth-order valence-electron chi connectivity index (χ4n) is 2.06. The van der Waals surface area contributed by atoms with Gasteiger partial charge in [-0.3, -0.25) is 0 Å². The molecule has 0 atom stereocenters. The van der Waals surface area contributed by atoms with Gasteiger partial charge in [-0.2, -0.15) is 0 Å². The smallest absolute Gasteiger partial charge is 0.170 e. The van der Waals surface area contributed by atoms with E-state index in [4.69, 9.17) is 27.3 Å². The molecule has 0 saturated heterocycles. The van der Waals surface area contributed by atoms with Crippen LogP contribution in [-0.4, -0.2) is 11.0 Å². The Balaban J connectivity index is 2.18. The van der Waals surface area contributed by atoms with Crippen LogP contribution in [-0.2, 0) is 6.61 Å². The van der Waals surface area contributed by atoms with Crippen molar-refractivity contribution in [3.8, 4) is 5.75 Å². The van der Waals surface area contributed by atoms with Gasteiger partial charge >= 0.3 is 0 Å². The van der Waals surface area contributed by atoms with Crippen LogP contribution in [0.1, 0.15) is 22.3 Å². The predicted octanol–water partition coefficient (Wildman–Crippen LogP) is 3.63. The molecule has 0 amide bonds. The van der Waals surface area contributed by atoms with Gasteiger partial charge in [-0.25, -0.2) is 0 Å². The van der Waals surface area contributed by atoms with E-state index in [1.807, 2.05) is 38.1 Å². The fraction of sp³-hybridized carbons (Fsp3) is 0.188. The van der Waals surface area contributed by atoms with Gasteiger partial charge in [0.1, 0.15) is 12.4 Å². The summed E-state index contributed by atoms with van der Waals surface area (Å²) < 4.78 is 5.87. The first-order valence-corrected chi connectivity index (χ1v) is 6.86. The Kier molecular flexibility index (Phi) is 4.70. The summed E-state index contributed by atoms with van der Waals surface area (Å²) in [7, 11) is 0. The van der Waals surface area contributed by atoms with Crippen LogP contribution in [0.4, 0.5) is 0 Å². The molecule has 0 aromatic heterocycles. The van der Waals surface area contributed by atoms with Crippen LogP contribution in [0, 0.1) is 13.8 Å². The molecule has 21 heavy (non-hydrogen) atoms. The van der Waals surface area contributed by atoms with Gasteiger partial charge in [-0.1, -0.05) is 47.1 Å². The fourth-order valence-corrected chi connectivity index (χ4v) is 2.29. The van der Waals surface area contributed by atoms with Crippen molar-refractivity contribution in [3.05, 3.63) is 63.7 Å². The molecule has 0 saturated carbocycles. The first-order chi connectivity index (χ1) is 10.0. The van der Waals surface area contributed by atoms with E-state index in [9.17, 15) is 0 Å². The van der Waals surface area contributed by atoms with Gasteiger partial charge < -0.3 is 15.7 Å². The zero-order chi connectivity index (χ0) is 15.4. The average Bonchev–Trinajstić information content (AvgIpc) is 2.47. The average molecular weight is 305 g/mol. The molecule has 2 aromatic carbocycles. The van der Waals surface area contributed by atoms with Crippen molar-refractivity contribution in [1.29, 1.82) is 0 Å². The highest BCUT2D eigenvalue weighted by molar-refractivity contribution is 6.31. The van der Waals surface area contributed by atoms with Crippen LogP contribution in [0.2, 0.25) is 5.02 Å². The third-order valence-corrected chi connectivity index (χ3v) is 3.59. The van der Waals surface area contributed by atoms with Gasteiger partial charge in [0.05, 0.1) is 0 Å². The molecule has 0 radical (unpaired) electrons. The highest BCUT2D eigenvalue weighted by Gasteiger charge is 2.08. The predicted molar refractivity (Wildman–Crippen MR) is 84.2 cm³/mol. The van der Waals surface area contributed by atoms with E-state index in [0.717, 1.165) is 22.4 Å². The van der Waals surface area contributed by atoms with E-state index >= 15 is 0 Å². The Morgan fingerprint density at radius 2 is 1.90 bits per heavy atom. The third-order valence-electron chi connectivity index (χ3n) is 3.24. The lowest BCUT2D eigenvalue weighted by Crippen LogP contribution is -2.13. The number of nitrogens with two attached hydrogens (primary N) is 1. The molecule has 0 heterocycles. The third kappa shape index (κ3) is 3.47. The monoisotopic (exact) mass is 304 g/mol. The summed E-state index contributed by atoms with van der Waals surface area (Å²) in [6.45, 7) is 4.37. The number of para-hydroxylation sites is 1. The molecule has 0 aliphatic rings.